The lowest BCUT2D eigenvalue weighted by atomic mass is 10.1. The zero-order valence-corrected chi connectivity index (χ0v) is 21.0. The van der Waals surface area contributed by atoms with Gasteiger partial charge in [0, 0.05) is 51.0 Å². The van der Waals surface area contributed by atoms with Crippen molar-refractivity contribution < 1.29 is 62.6 Å². The molecule has 38 heavy (non-hydrogen) atoms. The molecule has 0 aliphatic carbocycles. The average molecular weight is 545 g/mol. The summed E-state index contributed by atoms with van der Waals surface area (Å²) in [5.74, 6) is -2.67. The van der Waals surface area contributed by atoms with Crippen molar-refractivity contribution >= 4 is 35.4 Å². The first kappa shape index (κ1) is 31.1. The van der Waals surface area contributed by atoms with Gasteiger partial charge in [0.15, 0.2) is 0 Å². The van der Waals surface area contributed by atoms with Crippen LogP contribution in [-0.2, 0) is 62.6 Å². The smallest absolute Gasteiger partial charge is 0.335 e. The standard InChI is InChI=1S/C23H32N2O13/c26-18(7-9-24-19(27)3-4-20(24)28)2-1-10-32-12-14-34-36-16-17-37-35-15-13-33-11-8-23(31)38-25-21(29)5-6-22(25)30/h3-4H,1-2,5-17H2. The van der Waals surface area contributed by atoms with Crippen molar-refractivity contribution in [2.75, 3.05) is 59.4 Å². The molecule has 2 rings (SSSR count). The van der Waals surface area contributed by atoms with Crippen LogP contribution in [0.15, 0.2) is 12.2 Å². The quantitative estimate of drug-likeness (QED) is 0.0744. The fourth-order valence-electron chi connectivity index (χ4n) is 3.04. The van der Waals surface area contributed by atoms with Crippen molar-refractivity contribution in [3.63, 3.8) is 0 Å². The minimum absolute atomic E-state index is 0.0225. The number of ketones is 1. The first-order chi connectivity index (χ1) is 18.4. The molecule has 15 heteroatoms. The monoisotopic (exact) mass is 544 g/mol. The van der Waals surface area contributed by atoms with Gasteiger partial charge in [-0.2, -0.15) is 0 Å². The Balaban J connectivity index is 1.26. The van der Waals surface area contributed by atoms with Crippen LogP contribution < -0.4 is 0 Å². The van der Waals surface area contributed by atoms with Gasteiger partial charge < -0.3 is 14.3 Å². The molecule has 0 radical (unpaired) electrons. The van der Waals surface area contributed by atoms with E-state index in [9.17, 15) is 28.8 Å². The summed E-state index contributed by atoms with van der Waals surface area (Å²) in [7, 11) is 0. The summed E-state index contributed by atoms with van der Waals surface area (Å²) in [6.07, 6.45) is 3.24. The molecule has 212 valence electrons. The average Bonchev–Trinajstić information content (AvgIpc) is 3.39. The number of amides is 4. The molecule has 2 aliphatic heterocycles. The number of hydroxylamine groups is 2. The van der Waals surface area contributed by atoms with E-state index in [4.69, 9.17) is 33.9 Å². The molecule has 0 atom stereocenters. The Bertz CT molecular complexity index is 826. The fourth-order valence-corrected chi connectivity index (χ4v) is 3.04. The van der Waals surface area contributed by atoms with Crippen LogP contribution in [0.25, 0.3) is 0 Å². The maximum atomic E-state index is 11.8. The zero-order valence-electron chi connectivity index (χ0n) is 21.0. The minimum atomic E-state index is -0.746. The van der Waals surface area contributed by atoms with Crippen LogP contribution in [0.4, 0.5) is 0 Å². The van der Waals surface area contributed by atoms with Crippen molar-refractivity contribution in [2.45, 2.75) is 38.5 Å². The number of hydrogen-bond acceptors (Lipinski definition) is 13. The number of ether oxygens (including phenoxy) is 2. The Morgan fingerprint density at radius 3 is 1.76 bits per heavy atom. The molecule has 0 aromatic heterocycles. The van der Waals surface area contributed by atoms with Gasteiger partial charge in [-0.05, 0) is 6.42 Å². The lowest BCUT2D eigenvalue weighted by molar-refractivity contribution is -0.344. The highest BCUT2D eigenvalue weighted by Crippen LogP contribution is 2.12. The Morgan fingerprint density at radius 2 is 1.18 bits per heavy atom. The summed E-state index contributed by atoms with van der Waals surface area (Å²) >= 11 is 0. The van der Waals surface area contributed by atoms with Crippen LogP contribution in [0.2, 0.25) is 0 Å². The highest BCUT2D eigenvalue weighted by atomic mass is 17.2. The Labute approximate surface area is 218 Å². The SMILES string of the molecule is O=C(CCCOCCOOCCOOCCOCCC(=O)ON1C(=O)CCC1=O)CCN1C(=O)C=CC1=O. The molecule has 0 N–H and O–H groups in total. The molecule has 1 saturated heterocycles. The third kappa shape index (κ3) is 12.4. The third-order valence-corrected chi connectivity index (χ3v) is 4.95. The van der Waals surface area contributed by atoms with Gasteiger partial charge in [0.1, 0.15) is 32.2 Å². The van der Waals surface area contributed by atoms with Crippen LogP contribution >= 0.6 is 0 Å². The van der Waals surface area contributed by atoms with Crippen LogP contribution in [0.3, 0.4) is 0 Å². The molecular formula is C23H32N2O13. The minimum Gasteiger partial charge on any atom is -0.379 e. The van der Waals surface area contributed by atoms with E-state index >= 15 is 0 Å². The predicted molar refractivity (Wildman–Crippen MR) is 122 cm³/mol. The first-order valence-corrected chi connectivity index (χ1v) is 12.1. The molecule has 0 spiro atoms. The van der Waals surface area contributed by atoms with Gasteiger partial charge in [0.2, 0.25) is 0 Å². The number of hydrogen-bond donors (Lipinski definition) is 0. The van der Waals surface area contributed by atoms with Crippen molar-refractivity contribution in [3.8, 4) is 0 Å². The second kappa shape index (κ2) is 18.2. The van der Waals surface area contributed by atoms with E-state index < -0.39 is 29.6 Å². The number of rotatable bonds is 22. The topological polar surface area (TPSA) is 174 Å². The fraction of sp³-hybridized carbons (Fsp3) is 0.652. The van der Waals surface area contributed by atoms with E-state index in [0.717, 1.165) is 4.90 Å². The van der Waals surface area contributed by atoms with Crippen LogP contribution in [0, 0.1) is 0 Å². The summed E-state index contributed by atoms with van der Waals surface area (Å²) < 4.78 is 10.5. The normalized spacial score (nSPS) is 15.3. The molecule has 2 heterocycles. The zero-order chi connectivity index (χ0) is 27.6. The second-order valence-electron chi connectivity index (χ2n) is 7.86. The highest BCUT2D eigenvalue weighted by Gasteiger charge is 2.32. The van der Waals surface area contributed by atoms with Crippen LogP contribution in [0.1, 0.15) is 38.5 Å². The molecule has 4 amide bonds. The lowest BCUT2D eigenvalue weighted by Crippen LogP contribution is -2.32. The molecule has 2 aliphatic rings. The molecular weight excluding hydrogens is 512 g/mol. The summed E-state index contributed by atoms with van der Waals surface area (Å²) in [6, 6.07) is 0. The van der Waals surface area contributed by atoms with E-state index in [1.165, 1.54) is 12.2 Å². The largest absolute Gasteiger partial charge is 0.379 e. The number of imide groups is 2. The number of carbonyl (C=O) groups excluding carboxylic acids is 6. The lowest BCUT2D eigenvalue weighted by Gasteiger charge is -2.12. The van der Waals surface area contributed by atoms with E-state index in [0.29, 0.717) is 24.5 Å². The molecule has 15 nitrogen and oxygen atoms in total. The van der Waals surface area contributed by atoms with E-state index in [1.807, 2.05) is 0 Å². The Hall–Kier alpha value is -3.08. The summed E-state index contributed by atoms with van der Waals surface area (Å²) in [6.45, 7) is 1.35. The third-order valence-electron chi connectivity index (χ3n) is 4.95. The van der Waals surface area contributed by atoms with Gasteiger partial charge in [-0.3, -0.25) is 28.9 Å². The van der Waals surface area contributed by atoms with Gasteiger partial charge in [-0.1, -0.05) is 0 Å². The number of Topliss-reactive ketones (excluding diaryl/α,β-unsaturated/α-hetero) is 1. The summed E-state index contributed by atoms with van der Waals surface area (Å²) in [5, 5.41) is 0.483. The molecule has 0 aromatic rings. The van der Waals surface area contributed by atoms with Gasteiger partial charge in [0.25, 0.3) is 23.6 Å². The van der Waals surface area contributed by atoms with Crippen LogP contribution in [-0.4, -0.2) is 105 Å². The predicted octanol–water partition coefficient (Wildman–Crippen LogP) is -0.422. The molecule has 0 aromatic carbocycles. The van der Waals surface area contributed by atoms with Crippen molar-refractivity contribution in [1.29, 1.82) is 0 Å². The molecule has 0 saturated carbocycles. The molecule has 1 fully saturated rings. The van der Waals surface area contributed by atoms with Crippen molar-refractivity contribution in [2.24, 2.45) is 0 Å². The summed E-state index contributed by atoms with van der Waals surface area (Å²) in [5.41, 5.74) is 0. The van der Waals surface area contributed by atoms with E-state index in [2.05, 4.69) is 0 Å². The van der Waals surface area contributed by atoms with E-state index in [-0.39, 0.29) is 84.3 Å². The van der Waals surface area contributed by atoms with Crippen LogP contribution in [0.5, 0.6) is 0 Å². The number of nitrogens with zero attached hydrogens (tertiary/aromatic N) is 2. The number of carbonyl (C=O) groups is 6. The Kier molecular flexibility index (Phi) is 14.9. The van der Waals surface area contributed by atoms with E-state index in [1.54, 1.807) is 0 Å². The van der Waals surface area contributed by atoms with Gasteiger partial charge in [-0.15, -0.1) is 5.06 Å². The van der Waals surface area contributed by atoms with Gasteiger partial charge >= 0.3 is 5.97 Å². The molecule has 0 bridgehead atoms. The van der Waals surface area contributed by atoms with Gasteiger partial charge in [-0.25, -0.2) is 24.3 Å². The van der Waals surface area contributed by atoms with Crippen molar-refractivity contribution in [3.05, 3.63) is 12.2 Å². The maximum absolute atomic E-state index is 11.8. The maximum Gasteiger partial charge on any atom is 0.335 e. The van der Waals surface area contributed by atoms with Crippen molar-refractivity contribution in [1.82, 2.24) is 9.96 Å². The first-order valence-electron chi connectivity index (χ1n) is 12.1. The molecule has 0 unspecified atom stereocenters. The summed E-state index contributed by atoms with van der Waals surface area (Å²) in [4.78, 5) is 94.1. The second-order valence-corrected chi connectivity index (χ2v) is 7.86. The highest BCUT2D eigenvalue weighted by molar-refractivity contribution is 6.13. The Morgan fingerprint density at radius 1 is 0.658 bits per heavy atom. The van der Waals surface area contributed by atoms with Gasteiger partial charge in [0.05, 0.1) is 26.2 Å².